The molecule has 2 amide bonds. The number of aromatic nitrogens is 2. The van der Waals surface area contributed by atoms with Crippen LogP contribution in [-0.2, 0) is 7.05 Å². The third-order valence-corrected chi connectivity index (χ3v) is 4.84. The second kappa shape index (κ2) is 8.39. The van der Waals surface area contributed by atoms with E-state index in [1.807, 2.05) is 25.2 Å². The first kappa shape index (κ1) is 19.7. The van der Waals surface area contributed by atoms with Crippen molar-refractivity contribution in [2.24, 2.45) is 7.05 Å². The van der Waals surface area contributed by atoms with E-state index >= 15 is 0 Å². The molecular weight excluding hydrogens is 403 g/mol. The van der Waals surface area contributed by atoms with E-state index < -0.39 is 0 Å². The molecule has 3 aromatic carbocycles. The van der Waals surface area contributed by atoms with Crippen molar-refractivity contribution in [1.82, 2.24) is 9.78 Å². The van der Waals surface area contributed by atoms with Gasteiger partial charge in [-0.05, 0) is 54.1 Å². The Hall–Kier alpha value is -3.64. The van der Waals surface area contributed by atoms with Crippen LogP contribution in [0.15, 0.2) is 79.0 Å². The second-order valence-corrected chi connectivity index (χ2v) is 7.14. The van der Waals surface area contributed by atoms with E-state index in [9.17, 15) is 9.18 Å². The molecule has 0 bridgehead atoms. The number of aryl methyl sites for hydroxylation is 1. The summed E-state index contributed by atoms with van der Waals surface area (Å²) in [5, 5.41) is 10.6. The fraction of sp³-hybridized carbons (Fsp3) is 0.0435. The maximum absolute atomic E-state index is 13.3. The molecule has 0 radical (unpaired) electrons. The lowest BCUT2D eigenvalue weighted by Gasteiger charge is -2.11. The number of hydrogen-bond donors (Lipinski definition) is 2. The van der Waals surface area contributed by atoms with Gasteiger partial charge in [0, 0.05) is 34.6 Å². The van der Waals surface area contributed by atoms with Gasteiger partial charge < -0.3 is 10.6 Å². The van der Waals surface area contributed by atoms with Crippen LogP contribution in [0.1, 0.15) is 0 Å². The molecule has 0 atom stereocenters. The van der Waals surface area contributed by atoms with Crippen LogP contribution in [0, 0.1) is 5.82 Å². The van der Waals surface area contributed by atoms with E-state index in [1.165, 1.54) is 12.1 Å². The Kier molecular flexibility index (Phi) is 5.50. The smallest absolute Gasteiger partial charge is 0.308 e. The van der Waals surface area contributed by atoms with Gasteiger partial charge in [0.05, 0.1) is 11.9 Å². The third-order valence-electron chi connectivity index (χ3n) is 4.59. The molecule has 4 rings (SSSR count). The maximum atomic E-state index is 13.3. The van der Waals surface area contributed by atoms with Gasteiger partial charge in [-0.3, -0.25) is 4.68 Å². The van der Waals surface area contributed by atoms with Crippen molar-refractivity contribution in [2.75, 3.05) is 10.6 Å². The largest absolute Gasteiger partial charge is 0.323 e. The highest BCUT2D eigenvalue weighted by Gasteiger charge is 2.14. The van der Waals surface area contributed by atoms with Gasteiger partial charge in [-0.2, -0.15) is 5.10 Å². The van der Waals surface area contributed by atoms with E-state index in [0.29, 0.717) is 16.4 Å². The first-order valence-electron chi connectivity index (χ1n) is 9.21. The maximum Gasteiger partial charge on any atom is 0.323 e. The minimum absolute atomic E-state index is 0.290. The Labute approximate surface area is 178 Å². The topological polar surface area (TPSA) is 59.0 Å². The lowest BCUT2D eigenvalue weighted by Crippen LogP contribution is -2.19. The first-order valence-corrected chi connectivity index (χ1v) is 9.59. The van der Waals surface area contributed by atoms with Gasteiger partial charge in [-0.25, -0.2) is 9.18 Å². The quantitative estimate of drug-likeness (QED) is 0.413. The number of rotatable bonds is 4. The number of amides is 2. The van der Waals surface area contributed by atoms with Crippen molar-refractivity contribution in [2.45, 2.75) is 0 Å². The number of nitrogens with zero attached hydrogens (tertiary/aromatic N) is 2. The first-order chi connectivity index (χ1) is 14.5. The number of urea groups is 1. The minimum atomic E-state index is -0.363. The molecule has 1 heterocycles. The molecule has 0 saturated heterocycles. The molecule has 0 aliphatic carbocycles. The van der Waals surface area contributed by atoms with Crippen LogP contribution in [0.4, 0.5) is 20.6 Å². The summed E-state index contributed by atoms with van der Waals surface area (Å²) in [6.07, 6.45) is 1.75. The highest BCUT2D eigenvalue weighted by molar-refractivity contribution is 6.30. The van der Waals surface area contributed by atoms with E-state index in [-0.39, 0.29) is 11.8 Å². The molecule has 4 aromatic rings. The highest BCUT2D eigenvalue weighted by atomic mass is 35.5. The summed E-state index contributed by atoms with van der Waals surface area (Å²) in [4.78, 5) is 12.3. The highest BCUT2D eigenvalue weighted by Crippen LogP contribution is 2.33. The number of hydrogen-bond acceptors (Lipinski definition) is 2. The zero-order chi connectivity index (χ0) is 21.1. The van der Waals surface area contributed by atoms with Gasteiger partial charge in [0.25, 0.3) is 0 Å². The summed E-state index contributed by atoms with van der Waals surface area (Å²) in [6, 6.07) is 20.2. The number of carbonyl (C=O) groups excluding carboxylic acids is 1. The molecule has 1 aromatic heterocycles. The standard InChI is InChI=1S/C23H18ClFN4O/c1-29-22(21(14-26-29)15-5-9-18(25)10-6-15)16-3-2-4-20(13-16)28-23(30)27-19-11-7-17(24)8-12-19/h2-14H,1H3,(H2,27,28,30). The molecule has 7 heteroatoms. The van der Waals surface area contributed by atoms with Gasteiger partial charge in [0.1, 0.15) is 5.82 Å². The zero-order valence-electron chi connectivity index (χ0n) is 16.1. The predicted molar refractivity (Wildman–Crippen MR) is 118 cm³/mol. The summed E-state index contributed by atoms with van der Waals surface area (Å²) in [6.45, 7) is 0. The zero-order valence-corrected chi connectivity index (χ0v) is 16.8. The van der Waals surface area contributed by atoms with E-state index in [1.54, 1.807) is 53.3 Å². The fourth-order valence-electron chi connectivity index (χ4n) is 3.19. The van der Waals surface area contributed by atoms with Gasteiger partial charge in [0.15, 0.2) is 0 Å². The summed E-state index contributed by atoms with van der Waals surface area (Å²) in [5.74, 6) is -0.290. The number of benzene rings is 3. The van der Waals surface area contributed by atoms with E-state index in [0.717, 1.165) is 22.4 Å². The molecule has 0 unspecified atom stereocenters. The fourth-order valence-corrected chi connectivity index (χ4v) is 3.32. The average Bonchev–Trinajstić information content (AvgIpc) is 3.12. The van der Waals surface area contributed by atoms with Gasteiger partial charge in [-0.15, -0.1) is 0 Å². The lowest BCUT2D eigenvalue weighted by atomic mass is 10.0. The van der Waals surface area contributed by atoms with Gasteiger partial charge >= 0.3 is 6.03 Å². The lowest BCUT2D eigenvalue weighted by molar-refractivity contribution is 0.262. The molecule has 0 spiro atoms. The molecule has 150 valence electrons. The van der Waals surface area contributed by atoms with Crippen molar-refractivity contribution in [1.29, 1.82) is 0 Å². The monoisotopic (exact) mass is 420 g/mol. The summed E-state index contributed by atoms with van der Waals surface area (Å²) >= 11 is 5.87. The molecule has 5 nitrogen and oxygen atoms in total. The Bertz CT molecular complexity index is 1190. The molecular formula is C23H18ClFN4O. The molecule has 0 aliphatic rings. The molecule has 30 heavy (non-hydrogen) atoms. The number of nitrogens with one attached hydrogen (secondary N) is 2. The predicted octanol–water partition coefficient (Wildman–Crippen LogP) is 6.19. The number of carbonyl (C=O) groups is 1. The van der Waals surface area contributed by atoms with Crippen molar-refractivity contribution < 1.29 is 9.18 Å². The molecule has 0 saturated carbocycles. The van der Waals surface area contributed by atoms with Crippen LogP contribution in [0.2, 0.25) is 5.02 Å². The number of anilines is 2. The Morgan fingerprint density at radius 1 is 0.933 bits per heavy atom. The van der Waals surface area contributed by atoms with Crippen LogP contribution in [0.5, 0.6) is 0 Å². The molecule has 2 N–H and O–H groups in total. The summed E-state index contributed by atoms with van der Waals surface area (Å²) < 4.78 is 15.1. The van der Waals surface area contributed by atoms with Crippen molar-refractivity contribution in [3.8, 4) is 22.4 Å². The molecule has 0 fully saturated rings. The second-order valence-electron chi connectivity index (χ2n) is 6.70. The Morgan fingerprint density at radius 3 is 2.37 bits per heavy atom. The van der Waals surface area contributed by atoms with Crippen molar-refractivity contribution >= 4 is 29.0 Å². The van der Waals surface area contributed by atoms with Crippen LogP contribution in [0.3, 0.4) is 0 Å². The summed E-state index contributed by atoms with van der Waals surface area (Å²) in [5.41, 5.74) is 4.74. The SMILES string of the molecule is Cn1ncc(-c2ccc(F)cc2)c1-c1cccc(NC(=O)Nc2ccc(Cl)cc2)c1. The third kappa shape index (κ3) is 4.34. The van der Waals surface area contributed by atoms with E-state index in [4.69, 9.17) is 11.6 Å². The van der Waals surface area contributed by atoms with Gasteiger partial charge in [0.2, 0.25) is 0 Å². The minimum Gasteiger partial charge on any atom is -0.308 e. The molecule has 0 aliphatic heterocycles. The van der Waals surface area contributed by atoms with Crippen molar-refractivity contribution in [3.63, 3.8) is 0 Å². The summed E-state index contributed by atoms with van der Waals surface area (Å²) in [7, 11) is 1.84. The van der Waals surface area contributed by atoms with Gasteiger partial charge in [-0.1, -0.05) is 35.9 Å². The normalized spacial score (nSPS) is 10.6. The van der Waals surface area contributed by atoms with Crippen LogP contribution < -0.4 is 10.6 Å². The van der Waals surface area contributed by atoms with Crippen molar-refractivity contribution in [3.05, 3.63) is 89.8 Å². The van der Waals surface area contributed by atoms with Crippen LogP contribution >= 0.6 is 11.6 Å². The van der Waals surface area contributed by atoms with Crippen LogP contribution in [-0.4, -0.2) is 15.8 Å². The number of halogens is 2. The Morgan fingerprint density at radius 2 is 1.63 bits per heavy atom. The van der Waals surface area contributed by atoms with Crippen LogP contribution in [0.25, 0.3) is 22.4 Å². The van der Waals surface area contributed by atoms with E-state index in [2.05, 4.69) is 15.7 Å². The Balaban J connectivity index is 1.58. The average molecular weight is 421 g/mol.